The third kappa shape index (κ3) is 2.46. The average molecular weight is 190 g/mol. The topological polar surface area (TPSA) is 26.3 Å². The first-order valence-electron chi connectivity index (χ1n) is 4.63. The van der Waals surface area contributed by atoms with Crippen molar-refractivity contribution in [3.63, 3.8) is 0 Å². The molecule has 0 saturated carbocycles. The van der Waals surface area contributed by atoms with E-state index in [1.54, 1.807) is 0 Å². The van der Waals surface area contributed by atoms with Gasteiger partial charge in [0.15, 0.2) is 0 Å². The van der Waals surface area contributed by atoms with Crippen molar-refractivity contribution in [2.45, 2.75) is 13.3 Å². The molecule has 0 N–H and O–H groups in total. The molecule has 0 spiro atoms. The van der Waals surface area contributed by atoms with Crippen molar-refractivity contribution in [2.75, 3.05) is 7.11 Å². The molecule has 0 aliphatic rings. The molecule has 0 unspecified atom stereocenters. The molecule has 1 aromatic carbocycles. The van der Waals surface area contributed by atoms with E-state index in [-0.39, 0.29) is 5.97 Å². The molecule has 0 fully saturated rings. The number of ether oxygens (including phenoxy) is 1. The lowest BCUT2D eigenvalue weighted by Gasteiger charge is -2.04. The summed E-state index contributed by atoms with van der Waals surface area (Å²) in [6, 6.07) is 9.53. The summed E-state index contributed by atoms with van der Waals surface area (Å²) in [7, 11) is 1.40. The fourth-order valence-corrected chi connectivity index (χ4v) is 1.25. The Morgan fingerprint density at radius 1 is 1.36 bits per heavy atom. The zero-order valence-corrected chi connectivity index (χ0v) is 8.49. The Kier molecular flexibility index (Phi) is 3.92. The first-order valence-corrected chi connectivity index (χ1v) is 4.63. The van der Waals surface area contributed by atoms with Gasteiger partial charge in [-0.05, 0) is 12.0 Å². The maximum Gasteiger partial charge on any atom is 0.338 e. The highest BCUT2D eigenvalue weighted by Crippen LogP contribution is 2.15. The Bertz CT molecular complexity index is 325. The summed E-state index contributed by atoms with van der Waals surface area (Å²) in [5, 5.41) is 0. The summed E-state index contributed by atoms with van der Waals surface area (Å²) >= 11 is 0. The number of allylic oxidation sites excluding steroid dienone is 1. The van der Waals surface area contributed by atoms with E-state index in [4.69, 9.17) is 4.74 Å². The highest BCUT2D eigenvalue weighted by Gasteiger charge is 2.10. The monoisotopic (exact) mass is 190 g/mol. The van der Waals surface area contributed by atoms with Gasteiger partial charge < -0.3 is 4.74 Å². The van der Waals surface area contributed by atoms with E-state index in [0.29, 0.717) is 5.57 Å². The van der Waals surface area contributed by atoms with E-state index < -0.39 is 0 Å². The number of rotatable bonds is 3. The van der Waals surface area contributed by atoms with Crippen LogP contribution in [0.4, 0.5) is 0 Å². The first-order chi connectivity index (χ1) is 6.79. The second-order valence-electron chi connectivity index (χ2n) is 2.88. The summed E-state index contributed by atoms with van der Waals surface area (Å²) in [5.74, 6) is -0.280. The third-order valence-corrected chi connectivity index (χ3v) is 1.90. The lowest BCUT2D eigenvalue weighted by Crippen LogP contribution is -2.03. The number of benzene rings is 1. The van der Waals surface area contributed by atoms with Gasteiger partial charge in [0, 0.05) is 0 Å². The van der Waals surface area contributed by atoms with Crippen LogP contribution in [0.25, 0.3) is 5.57 Å². The van der Waals surface area contributed by atoms with Crippen molar-refractivity contribution < 1.29 is 9.53 Å². The van der Waals surface area contributed by atoms with Gasteiger partial charge in [0.1, 0.15) is 0 Å². The molecule has 14 heavy (non-hydrogen) atoms. The van der Waals surface area contributed by atoms with Crippen molar-refractivity contribution in [3.05, 3.63) is 42.0 Å². The van der Waals surface area contributed by atoms with Crippen LogP contribution in [0.15, 0.2) is 36.4 Å². The largest absolute Gasteiger partial charge is 0.465 e. The van der Waals surface area contributed by atoms with Crippen molar-refractivity contribution in [1.82, 2.24) is 0 Å². The van der Waals surface area contributed by atoms with Crippen molar-refractivity contribution in [3.8, 4) is 0 Å². The number of carbonyl (C=O) groups excluding carboxylic acids is 1. The normalized spacial score (nSPS) is 11.1. The molecular formula is C12H14O2. The second kappa shape index (κ2) is 5.22. The zero-order chi connectivity index (χ0) is 10.4. The molecule has 2 nitrogen and oxygen atoms in total. The van der Waals surface area contributed by atoms with Crippen LogP contribution in [0, 0.1) is 0 Å². The summed E-state index contributed by atoms with van der Waals surface area (Å²) in [4.78, 5) is 11.4. The summed E-state index contributed by atoms with van der Waals surface area (Å²) < 4.78 is 4.71. The minimum atomic E-state index is -0.280. The molecule has 0 radical (unpaired) electrons. The van der Waals surface area contributed by atoms with Crippen LogP contribution in [-0.2, 0) is 9.53 Å². The van der Waals surface area contributed by atoms with E-state index in [9.17, 15) is 4.79 Å². The SMILES string of the molecule is CCC=C(C(=O)OC)c1ccccc1. The highest BCUT2D eigenvalue weighted by atomic mass is 16.5. The molecule has 0 bridgehead atoms. The molecular weight excluding hydrogens is 176 g/mol. The molecule has 0 saturated heterocycles. The Balaban J connectivity index is 3.02. The van der Waals surface area contributed by atoms with Crippen LogP contribution in [-0.4, -0.2) is 13.1 Å². The van der Waals surface area contributed by atoms with Crippen LogP contribution in [0.3, 0.4) is 0 Å². The molecule has 1 aromatic rings. The van der Waals surface area contributed by atoms with Gasteiger partial charge in [0.05, 0.1) is 12.7 Å². The minimum absolute atomic E-state index is 0.280. The van der Waals surface area contributed by atoms with E-state index in [1.165, 1.54) is 7.11 Å². The Hall–Kier alpha value is -1.57. The number of methoxy groups -OCH3 is 1. The fourth-order valence-electron chi connectivity index (χ4n) is 1.25. The van der Waals surface area contributed by atoms with Crippen LogP contribution < -0.4 is 0 Å². The molecule has 0 atom stereocenters. The van der Waals surface area contributed by atoms with Crippen molar-refractivity contribution in [1.29, 1.82) is 0 Å². The highest BCUT2D eigenvalue weighted by molar-refractivity contribution is 6.16. The fraction of sp³-hybridized carbons (Fsp3) is 0.250. The minimum Gasteiger partial charge on any atom is -0.465 e. The maximum atomic E-state index is 11.4. The van der Waals surface area contributed by atoms with Gasteiger partial charge >= 0.3 is 5.97 Å². The molecule has 0 aliphatic heterocycles. The lowest BCUT2D eigenvalue weighted by atomic mass is 10.1. The summed E-state index contributed by atoms with van der Waals surface area (Å²) in [6.07, 6.45) is 2.69. The van der Waals surface area contributed by atoms with Crippen LogP contribution in [0.1, 0.15) is 18.9 Å². The number of esters is 1. The molecule has 1 rings (SSSR count). The standard InChI is InChI=1S/C12H14O2/c1-3-7-11(12(13)14-2)10-8-5-4-6-9-10/h4-9H,3H2,1-2H3. The molecule has 0 amide bonds. The molecule has 2 heteroatoms. The predicted molar refractivity (Wildman–Crippen MR) is 56.7 cm³/mol. The molecule has 0 aromatic heterocycles. The number of carbonyl (C=O) groups is 1. The van der Waals surface area contributed by atoms with E-state index in [2.05, 4.69) is 0 Å². The van der Waals surface area contributed by atoms with Crippen molar-refractivity contribution in [2.24, 2.45) is 0 Å². The van der Waals surface area contributed by atoms with Gasteiger partial charge in [-0.25, -0.2) is 4.79 Å². The van der Waals surface area contributed by atoms with Crippen molar-refractivity contribution >= 4 is 11.5 Å². The van der Waals surface area contributed by atoms with E-state index in [1.807, 2.05) is 43.3 Å². The van der Waals surface area contributed by atoms with Crippen LogP contribution in [0.5, 0.6) is 0 Å². The first kappa shape index (κ1) is 10.5. The number of hydrogen-bond acceptors (Lipinski definition) is 2. The van der Waals surface area contributed by atoms with E-state index >= 15 is 0 Å². The van der Waals surface area contributed by atoms with Gasteiger partial charge in [-0.2, -0.15) is 0 Å². The van der Waals surface area contributed by atoms with Crippen LogP contribution in [0.2, 0.25) is 0 Å². The maximum absolute atomic E-state index is 11.4. The predicted octanol–water partition coefficient (Wildman–Crippen LogP) is 2.65. The third-order valence-electron chi connectivity index (χ3n) is 1.90. The summed E-state index contributed by atoms with van der Waals surface area (Å²) in [5.41, 5.74) is 1.54. The lowest BCUT2D eigenvalue weighted by molar-refractivity contribution is -0.133. The molecule has 0 heterocycles. The Morgan fingerprint density at radius 2 is 2.00 bits per heavy atom. The zero-order valence-electron chi connectivity index (χ0n) is 8.49. The molecule has 0 aliphatic carbocycles. The van der Waals surface area contributed by atoms with E-state index in [0.717, 1.165) is 12.0 Å². The van der Waals surface area contributed by atoms with Gasteiger partial charge in [-0.1, -0.05) is 43.3 Å². The second-order valence-corrected chi connectivity index (χ2v) is 2.88. The van der Waals surface area contributed by atoms with Gasteiger partial charge in [-0.3, -0.25) is 0 Å². The Morgan fingerprint density at radius 3 is 2.50 bits per heavy atom. The number of hydrogen-bond donors (Lipinski definition) is 0. The van der Waals surface area contributed by atoms with Gasteiger partial charge in [0.25, 0.3) is 0 Å². The summed E-state index contributed by atoms with van der Waals surface area (Å²) in [6.45, 7) is 1.99. The molecule has 74 valence electrons. The van der Waals surface area contributed by atoms with Crippen LogP contribution >= 0.6 is 0 Å². The van der Waals surface area contributed by atoms with Gasteiger partial charge in [0.2, 0.25) is 0 Å². The average Bonchev–Trinajstić information content (AvgIpc) is 2.26. The Labute approximate surface area is 84.2 Å². The van der Waals surface area contributed by atoms with Gasteiger partial charge in [-0.15, -0.1) is 0 Å². The quantitative estimate of drug-likeness (QED) is 0.541. The smallest absolute Gasteiger partial charge is 0.338 e.